The van der Waals surface area contributed by atoms with E-state index in [2.05, 4.69) is 12.2 Å². The molecule has 0 aliphatic heterocycles. The van der Waals surface area contributed by atoms with Crippen LogP contribution in [0.1, 0.15) is 45.4 Å². The molecule has 0 heterocycles. The van der Waals surface area contributed by atoms with E-state index >= 15 is 0 Å². The Balaban J connectivity index is 2.13. The van der Waals surface area contributed by atoms with Gasteiger partial charge >= 0.3 is 0 Å². The third-order valence-corrected chi connectivity index (χ3v) is 3.13. The molecular formula is C16H25NO2. The highest BCUT2D eigenvalue weighted by molar-refractivity contribution is 5.78. The molecule has 0 aliphatic carbocycles. The average molecular weight is 263 g/mol. The molecule has 0 bridgehead atoms. The van der Waals surface area contributed by atoms with Gasteiger partial charge in [0.15, 0.2) is 0 Å². The van der Waals surface area contributed by atoms with Crippen LogP contribution in [0.15, 0.2) is 24.3 Å². The van der Waals surface area contributed by atoms with Crippen molar-refractivity contribution in [3.63, 3.8) is 0 Å². The molecule has 0 atom stereocenters. The average Bonchev–Trinajstić information content (AvgIpc) is 2.44. The minimum absolute atomic E-state index is 0.358. The van der Waals surface area contributed by atoms with Crippen LogP contribution in [0.4, 0.5) is 5.69 Å². The normalized spacial score (nSPS) is 10.2. The summed E-state index contributed by atoms with van der Waals surface area (Å²) in [5.74, 6) is 1.20. The topological polar surface area (TPSA) is 38.3 Å². The van der Waals surface area contributed by atoms with Crippen LogP contribution < -0.4 is 10.1 Å². The molecule has 0 spiro atoms. The standard InChI is InChI=1S/C16H25NO2/c1-3-4-5-6-7-15(18)12-13-17-14-8-10-16(19-2)11-9-14/h8-11,17H,3-7,12-13H2,1-2H3. The molecule has 0 saturated heterocycles. The van der Waals surface area contributed by atoms with E-state index < -0.39 is 0 Å². The fraction of sp³-hybridized carbons (Fsp3) is 0.562. The maximum absolute atomic E-state index is 11.6. The van der Waals surface area contributed by atoms with Gasteiger partial charge in [-0.2, -0.15) is 0 Å². The molecule has 1 rings (SSSR count). The van der Waals surface area contributed by atoms with Crippen molar-refractivity contribution in [3.8, 4) is 5.75 Å². The number of benzene rings is 1. The number of carbonyl (C=O) groups excluding carboxylic acids is 1. The number of anilines is 1. The van der Waals surface area contributed by atoms with Gasteiger partial charge in [0.2, 0.25) is 0 Å². The van der Waals surface area contributed by atoms with Gasteiger partial charge in [0, 0.05) is 25.1 Å². The van der Waals surface area contributed by atoms with Gasteiger partial charge in [0.05, 0.1) is 7.11 Å². The summed E-state index contributed by atoms with van der Waals surface area (Å²) in [6.07, 6.45) is 6.00. The van der Waals surface area contributed by atoms with Crippen LogP contribution in [-0.2, 0) is 4.79 Å². The smallest absolute Gasteiger partial charge is 0.134 e. The maximum Gasteiger partial charge on any atom is 0.134 e. The zero-order valence-electron chi connectivity index (χ0n) is 12.1. The number of unbranched alkanes of at least 4 members (excludes halogenated alkanes) is 3. The Kier molecular flexibility index (Phi) is 7.71. The molecule has 0 aliphatic rings. The Bertz CT molecular complexity index is 360. The molecule has 19 heavy (non-hydrogen) atoms. The number of carbonyl (C=O) groups is 1. The summed E-state index contributed by atoms with van der Waals surface area (Å²) < 4.78 is 5.09. The third-order valence-electron chi connectivity index (χ3n) is 3.13. The first kappa shape index (κ1) is 15.5. The van der Waals surface area contributed by atoms with E-state index in [0.29, 0.717) is 18.7 Å². The fourth-order valence-electron chi connectivity index (χ4n) is 1.93. The summed E-state index contributed by atoms with van der Waals surface area (Å²) in [5, 5.41) is 3.25. The highest BCUT2D eigenvalue weighted by atomic mass is 16.5. The second kappa shape index (κ2) is 9.42. The summed E-state index contributed by atoms with van der Waals surface area (Å²) in [7, 11) is 1.65. The number of rotatable bonds is 10. The first-order valence-corrected chi connectivity index (χ1v) is 7.16. The zero-order valence-corrected chi connectivity index (χ0v) is 12.1. The van der Waals surface area contributed by atoms with Gasteiger partial charge in [0.25, 0.3) is 0 Å². The van der Waals surface area contributed by atoms with Crippen molar-refractivity contribution in [1.82, 2.24) is 0 Å². The monoisotopic (exact) mass is 263 g/mol. The van der Waals surface area contributed by atoms with E-state index in [1.54, 1.807) is 7.11 Å². The van der Waals surface area contributed by atoms with E-state index in [-0.39, 0.29) is 0 Å². The van der Waals surface area contributed by atoms with E-state index in [1.807, 2.05) is 24.3 Å². The molecule has 0 aromatic heterocycles. The van der Waals surface area contributed by atoms with Gasteiger partial charge in [-0.3, -0.25) is 4.79 Å². The number of hydrogen-bond acceptors (Lipinski definition) is 3. The van der Waals surface area contributed by atoms with Crippen molar-refractivity contribution in [2.45, 2.75) is 45.4 Å². The lowest BCUT2D eigenvalue weighted by atomic mass is 10.1. The summed E-state index contributed by atoms with van der Waals surface area (Å²) in [6, 6.07) is 7.75. The molecule has 1 N–H and O–H groups in total. The van der Waals surface area contributed by atoms with Gasteiger partial charge in [-0.1, -0.05) is 26.2 Å². The molecule has 0 unspecified atom stereocenters. The number of Topliss-reactive ketones (excluding diaryl/α,β-unsaturated/α-hetero) is 1. The first-order valence-electron chi connectivity index (χ1n) is 7.16. The van der Waals surface area contributed by atoms with Crippen LogP contribution >= 0.6 is 0 Å². The molecule has 0 fully saturated rings. The van der Waals surface area contributed by atoms with Crippen LogP contribution in [0.2, 0.25) is 0 Å². The molecule has 3 nitrogen and oxygen atoms in total. The van der Waals surface area contributed by atoms with Gasteiger partial charge in [-0.25, -0.2) is 0 Å². The molecule has 0 saturated carbocycles. The number of ether oxygens (including phenoxy) is 1. The van der Waals surface area contributed by atoms with E-state index in [9.17, 15) is 4.79 Å². The largest absolute Gasteiger partial charge is 0.497 e. The van der Waals surface area contributed by atoms with E-state index in [0.717, 1.165) is 24.3 Å². The quantitative estimate of drug-likeness (QED) is 0.647. The predicted molar refractivity (Wildman–Crippen MR) is 79.9 cm³/mol. The van der Waals surface area contributed by atoms with Crippen LogP contribution in [-0.4, -0.2) is 19.4 Å². The Labute approximate surface area is 116 Å². The fourth-order valence-corrected chi connectivity index (χ4v) is 1.93. The summed E-state index contributed by atoms with van der Waals surface area (Å²) in [4.78, 5) is 11.6. The van der Waals surface area contributed by atoms with Crippen molar-refractivity contribution in [3.05, 3.63) is 24.3 Å². The number of hydrogen-bond donors (Lipinski definition) is 1. The van der Waals surface area contributed by atoms with Crippen molar-refractivity contribution in [1.29, 1.82) is 0 Å². The highest BCUT2D eigenvalue weighted by Crippen LogP contribution is 2.15. The Hall–Kier alpha value is -1.51. The predicted octanol–water partition coefficient (Wildman–Crippen LogP) is 4.04. The van der Waals surface area contributed by atoms with Crippen LogP contribution in [0.25, 0.3) is 0 Å². The van der Waals surface area contributed by atoms with Crippen molar-refractivity contribution in [2.24, 2.45) is 0 Å². The third kappa shape index (κ3) is 6.85. The lowest BCUT2D eigenvalue weighted by molar-refractivity contribution is -0.118. The van der Waals surface area contributed by atoms with E-state index in [4.69, 9.17) is 4.74 Å². The van der Waals surface area contributed by atoms with Crippen LogP contribution in [0, 0.1) is 0 Å². The molecule has 1 aromatic carbocycles. The molecule has 0 radical (unpaired) electrons. The maximum atomic E-state index is 11.6. The Morgan fingerprint density at radius 2 is 1.84 bits per heavy atom. The van der Waals surface area contributed by atoms with Crippen molar-refractivity contribution < 1.29 is 9.53 Å². The van der Waals surface area contributed by atoms with Gasteiger partial charge in [-0.05, 0) is 30.7 Å². The SMILES string of the molecule is CCCCCCC(=O)CCNc1ccc(OC)cc1. The molecule has 106 valence electrons. The molecule has 3 heteroatoms. The summed E-state index contributed by atoms with van der Waals surface area (Å²) in [6.45, 7) is 2.89. The van der Waals surface area contributed by atoms with Crippen molar-refractivity contribution in [2.75, 3.05) is 19.0 Å². The molecule has 1 aromatic rings. The number of nitrogens with one attached hydrogen (secondary N) is 1. The minimum atomic E-state index is 0.358. The zero-order chi connectivity index (χ0) is 13.9. The van der Waals surface area contributed by atoms with Gasteiger partial charge < -0.3 is 10.1 Å². The second-order valence-corrected chi connectivity index (χ2v) is 4.75. The Morgan fingerprint density at radius 3 is 2.47 bits per heavy atom. The number of ketones is 1. The van der Waals surface area contributed by atoms with Crippen molar-refractivity contribution >= 4 is 11.5 Å². The number of methoxy groups -OCH3 is 1. The molecule has 0 amide bonds. The van der Waals surface area contributed by atoms with Crippen LogP contribution in [0.5, 0.6) is 5.75 Å². The second-order valence-electron chi connectivity index (χ2n) is 4.75. The van der Waals surface area contributed by atoms with E-state index in [1.165, 1.54) is 19.3 Å². The summed E-state index contributed by atoms with van der Waals surface area (Å²) in [5.41, 5.74) is 1.03. The van der Waals surface area contributed by atoms with Gasteiger partial charge in [-0.15, -0.1) is 0 Å². The Morgan fingerprint density at radius 1 is 1.11 bits per heavy atom. The highest BCUT2D eigenvalue weighted by Gasteiger charge is 2.01. The van der Waals surface area contributed by atoms with Gasteiger partial charge in [0.1, 0.15) is 11.5 Å². The summed E-state index contributed by atoms with van der Waals surface area (Å²) >= 11 is 0. The lowest BCUT2D eigenvalue weighted by Gasteiger charge is -2.07. The minimum Gasteiger partial charge on any atom is -0.497 e. The first-order chi connectivity index (χ1) is 9.26. The lowest BCUT2D eigenvalue weighted by Crippen LogP contribution is -2.08. The molecular weight excluding hydrogens is 238 g/mol. The van der Waals surface area contributed by atoms with Crippen LogP contribution in [0.3, 0.4) is 0 Å².